The van der Waals surface area contributed by atoms with Crippen molar-refractivity contribution in [3.8, 4) is 0 Å². The number of carbonyl (C=O) groups excluding carboxylic acids is 3. The van der Waals surface area contributed by atoms with Gasteiger partial charge in [-0.25, -0.2) is 4.57 Å². The molecule has 0 saturated carbocycles. The van der Waals surface area contributed by atoms with E-state index in [1.165, 1.54) is 135 Å². The van der Waals surface area contributed by atoms with Gasteiger partial charge in [0.25, 0.3) is 0 Å². The lowest BCUT2D eigenvalue weighted by Crippen LogP contribution is -2.30. The third-order valence-corrected chi connectivity index (χ3v) is 15.0. The topological polar surface area (TPSA) is 155 Å². The van der Waals surface area contributed by atoms with Gasteiger partial charge in [-0.1, -0.05) is 248 Å². The summed E-state index contributed by atoms with van der Waals surface area (Å²) < 4.78 is 39.7. The second-order valence-corrected chi connectivity index (χ2v) is 23.3. The molecule has 3 unspecified atom stereocenters. The molecule has 0 rings (SSSR count). The van der Waals surface area contributed by atoms with E-state index in [4.69, 9.17) is 23.3 Å². The molecular formula is C68H121O11P. The lowest BCUT2D eigenvalue weighted by molar-refractivity contribution is -0.161. The number of unbranched alkanes of at least 4 members (excludes halogenated alkanes) is 32. The van der Waals surface area contributed by atoms with Crippen LogP contribution in [-0.2, 0) is 42.2 Å². The van der Waals surface area contributed by atoms with Crippen molar-refractivity contribution in [3.05, 3.63) is 72.9 Å². The van der Waals surface area contributed by atoms with Gasteiger partial charge < -0.3 is 24.2 Å². The minimum absolute atomic E-state index is 0.162. The summed E-state index contributed by atoms with van der Waals surface area (Å²) in [4.78, 5) is 48.8. The van der Waals surface area contributed by atoms with Crippen molar-refractivity contribution in [2.24, 2.45) is 0 Å². The number of ether oxygens (including phenoxy) is 3. The summed E-state index contributed by atoms with van der Waals surface area (Å²) >= 11 is 0. The lowest BCUT2D eigenvalue weighted by Gasteiger charge is -2.21. The Morgan fingerprint density at radius 3 is 1.04 bits per heavy atom. The Labute approximate surface area is 490 Å². The first kappa shape index (κ1) is 76.9. The van der Waals surface area contributed by atoms with Crippen molar-refractivity contribution in [1.29, 1.82) is 0 Å². The largest absolute Gasteiger partial charge is 0.472 e. The Kier molecular flexibility index (Phi) is 59.6. The smallest absolute Gasteiger partial charge is 0.462 e. The summed E-state index contributed by atoms with van der Waals surface area (Å²) in [5.74, 6) is -1.47. The highest BCUT2D eigenvalue weighted by molar-refractivity contribution is 7.47. The van der Waals surface area contributed by atoms with Crippen LogP contribution in [0, 0.1) is 0 Å². The first-order chi connectivity index (χ1) is 39.2. The molecule has 0 aromatic rings. The number of hydrogen-bond donors (Lipinski definition) is 2. The Morgan fingerprint density at radius 1 is 0.362 bits per heavy atom. The second kappa shape index (κ2) is 62.0. The lowest BCUT2D eigenvalue weighted by atomic mass is 10.1. The SMILES string of the molecule is CC/C=C\C/C=C\C/C=C\CCCCCCCCCC(=O)OCC(COP(=O)(O)OCC(CO)OC(=O)CCCCCCCCC/C=C\C/C=C\CCCCC)OC(=O)CCCCCCCCCCC/C=C\CCCCCCCC. The molecule has 0 aliphatic heterocycles. The number of carbonyl (C=O) groups is 3. The fourth-order valence-electron chi connectivity index (χ4n) is 9.10. The molecule has 0 aliphatic rings. The zero-order valence-corrected chi connectivity index (χ0v) is 52.4. The number of aliphatic hydroxyl groups excluding tert-OH is 1. The fourth-order valence-corrected chi connectivity index (χ4v) is 9.89. The molecule has 3 atom stereocenters. The van der Waals surface area contributed by atoms with Crippen LogP contribution in [0.25, 0.3) is 0 Å². The van der Waals surface area contributed by atoms with Gasteiger partial charge in [0.05, 0.1) is 19.8 Å². The van der Waals surface area contributed by atoms with E-state index in [0.29, 0.717) is 19.3 Å². The summed E-state index contributed by atoms with van der Waals surface area (Å²) in [6.07, 6.45) is 71.3. The van der Waals surface area contributed by atoms with Crippen LogP contribution in [0.3, 0.4) is 0 Å². The summed E-state index contributed by atoms with van der Waals surface area (Å²) in [7, 11) is -4.76. The van der Waals surface area contributed by atoms with Crippen molar-refractivity contribution in [3.63, 3.8) is 0 Å². The van der Waals surface area contributed by atoms with Crippen LogP contribution < -0.4 is 0 Å². The Hall–Kier alpha value is -3.08. The predicted octanol–water partition coefficient (Wildman–Crippen LogP) is 20.0. The molecule has 0 aromatic carbocycles. The molecule has 12 heteroatoms. The number of phosphoric ester groups is 1. The predicted molar refractivity (Wildman–Crippen MR) is 335 cm³/mol. The molecule has 0 saturated heterocycles. The molecule has 0 heterocycles. The average Bonchev–Trinajstić information content (AvgIpc) is 3.45. The van der Waals surface area contributed by atoms with Crippen LogP contribution in [-0.4, -0.2) is 66.5 Å². The van der Waals surface area contributed by atoms with Gasteiger partial charge in [0, 0.05) is 19.3 Å². The fraction of sp³-hybridized carbons (Fsp3) is 0.779. The number of allylic oxidation sites excluding steroid dienone is 12. The first-order valence-electron chi connectivity index (χ1n) is 32.8. The van der Waals surface area contributed by atoms with Crippen molar-refractivity contribution in [2.75, 3.05) is 26.4 Å². The standard InChI is InChI=1S/C68H121O11P/c1-4-7-10-13-16-19-22-25-28-31-32-35-38-41-44-47-50-53-56-59-68(72)79-65(61-75-66(70)57-54-51-48-45-42-39-36-33-29-26-23-20-17-14-11-8-5-2)63-77-80(73,74)76-62-64(60-69)78-67(71)58-55-52-49-46-43-40-37-34-30-27-24-21-18-15-12-9-6-3/h8,11,17-18,20-21,25-30,64-65,69H,4-7,9-10,12-16,19,22-24,31-63H2,1-3H3,(H,73,74)/b11-8-,20-17-,21-18-,28-25-,29-26-,30-27-. The van der Waals surface area contributed by atoms with Crippen molar-refractivity contribution >= 4 is 25.7 Å². The van der Waals surface area contributed by atoms with E-state index in [1.807, 2.05) is 0 Å². The quantitative estimate of drug-likeness (QED) is 0.0197. The number of rotatable bonds is 61. The normalized spacial score (nSPS) is 13.7. The van der Waals surface area contributed by atoms with Gasteiger partial charge in [-0.3, -0.25) is 23.4 Å². The Balaban J connectivity index is 4.70. The Morgan fingerprint density at radius 2 is 0.650 bits per heavy atom. The number of esters is 3. The van der Waals surface area contributed by atoms with Crippen LogP contribution in [0.5, 0.6) is 0 Å². The van der Waals surface area contributed by atoms with Gasteiger partial charge in [0.2, 0.25) is 0 Å². The monoisotopic (exact) mass is 1140 g/mol. The van der Waals surface area contributed by atoms with E-state index >= 15 is 0 Å². The minimum atomic E-state index is -4.76. The first-order valence-corrected chi connectivity index (χ1v) is 34.3. The summed E-state index contributed by atoms with van der Waals surface area (Å²) in [6, 6.07) is 0. The van der Waals surface area contributed by atoms with E-state index < -0.39 is 57.8 Å². The summed E-state index contributed by atoms with van der Waals surface area (Å²) in [5, 5.41) is 9.86. The van der Waals surface area contributed by atoms with Gasteiger partial charge in [-0.15, -0.1) is 0 Å². The molecule has 80 heavy (non-hydrogen) atoms. The van der Waals surface area contributed by atoms with Crippen LogP contribution in [0.15, 0.2) is 72.9 Å². The zero-order valence-electron chi connectivity index (χ0n) is 51.5. The molecule has 11 nitrogen and oxygen atoms in total. The van der Waals surface area contributed by atoms with Gasteiger partial charge in [-0.2, -0.15) is 0 Å². The average molecular weight is 1150 g/mol. The molecule has 464 valence electrons. The van der Waals surface area contributed by atoms with Gasteiger partial charge in [-0.05, 0) is 109 Å². The highest BCUT2D eigenvalue weighted by Crippen LogP contribution is 2.43. The minimum Gasteiger partial charge on any atom is -0.462 e. The molecule has 0 amide bonds. The molecule has 2 N–H and O–H groups in total. The van der Waals surface area contributed by atoms with Gasteiger partial charge in [0.15, 0.2) is 6.10 Å². The van der Waals surface area contributed by atoms with Gasteiger partial charge in [0.1, 0.15) is 12.7 Å². The highest BCUT2D eigenvalue weighted by Gasteiger charge is 2.28. The summed E-state index contributed by atoms with van der Waals surface area (Å²) in [5.41, 5.74) is 0. The van der Waals surface area contributed by atoms with Crippen molar-refractivity contribution in [1.82, 2.24) is 0 Å². The third kappa shape index (κ3) is 59.5. The number of aliphatic hydroxyl groups is 1. The van der Waals surface area contributed by atoms with E-state index in [1.54, 1.807) is 0 Å². The maximum atomic E-state index is 13.0. The molecule has 0 aromatic heterocycles. The Bertz CT molecular complexity index is 1620. The van der Waals surface area contributed by atoms with Crippen molar-refractivity contribution < 1.29 is 52.2 Å². The zero-order chi connectivity index (χ0) is 58.3. The molecular weight excluding hydrogens is 1020 g/mol. The van der Waals surface area contributed by atoms with E-state index in [-0.39, 0.29) is 25.9 Å². The number of hydrogen-bond acceptors (Lipinski definition) is 10. The highest BCUT2D eigenvalue weighted by atomic mass is 31.2. The van der Waals surface area contributed by atoms with Crippen LogP contribution in [0.1, 0.15) is 303 Å². The van der Waals surface area contributed by atoms with Crippen LogP contribution in [0.4, 0.5) is 0 Å². The van der Waals surface area contributed by atoms with E-state index in [9.17, 15) is 28.9 Å². The maximum absolute atomic E-state index is 13.0. The number of phosphoric acid groups is 1. The second-order valence-electron chi connectivity index (χ2n) is 21.9. The summed E-state index contributed by atoms with van der Waals surface area (Å²) in [6.45, 7) is 4.53. The molecule has 0 bridgehead atoms. The van der Waals surface area contributed by atoms with Crippen molar-refractivity contribution in [2.45, 2.75) is 315 Å². The molecule has 0 fully saturated rings. The van der Waals surface area contributed by atoms with Crippen LogP contribution in [0.2, 0.25) is 0 Å². The molecule has 0 radical (unpaired) electrons. The van der Waals surface area contributed by atoms with Crippen LogP contribution >= 0.6 is 7.82 Å². The maximum Gasteiger partial charge on any atom is 0.472 e. The van der Waals surface area contributed by atoms with Gasteiger partial charge >= 0.3 is 25.7 Å². The molecule has 0 spiro atoms. The molecule has 0 aliphatic carbocycles. The van der Waals surface area contributed by atoms with E-state index in [2.05, 4.69) is 93.7 Å². The third-order valence-electron chi connectivity index (χ3n) is 14.1. The van der Waals surface area contributed by atoms with E-state index in [0.717, 1.165) is 109 Å².